The highest BCUT2D eigenvalue weighted by atomic mass is 32.2. The number of rotatable bonds is 1. The van der Waals surface area contributed by atoms with Crippen LogP contribution in [0.2, 0.25) is 0 Å². The average Bonchev–Trinajstić information content (AvgIpc) is 2.43. The van der Waals surface area contributed by atoms with Gasteiger partial charge in [-0.1, -0.05) is 0 Å². The standard InChI is InChI=1S/C9H13NO5S/c1-9(2,3)15-8(14)10-5(11)4-16-6(10)7(12)13/h6H,4H2,1-3H3,(H,12,13). The number of imide groups is 1. The summed E-state index contributed by atoms with van der Waals surface area (Å²) < 4.78 is 4.96. The third kappa shape index (κ3) is 2.88. The maximum atomic E-state index is 11.6. The molecule has 1 fully saturated rings. The molecule has 0 spiro atoms. The highest BCUT2D eigenvalue weighted by Crippen LogP contribution is 2.26. The Labute approximate surface area is 96.9 Å². The summed E-state index contributed by atoms with van der Waals surface area (Å²) >= 11 is 0.897. The van der Waals surface area contributed by atoms with Crippen molar-refractivity contribution in [2.45, 2.75) is 31.7 Å². The van der Waals surface area contributed by atoms with Gasteiger partial charge in [-0.25, -0.2) is 14.5 Å². The maximum absolute atomic E-state index is 11.6. The molecule has 0 aliphatic carbocycles. The fourth-order valence-electron chi connectivity index (χ4n) is 1.12. The van der Waals surface area contributed by atoms with Crippen LogP contribution < -0.4 is 0 Å². The van der Waals surface area contributed by atoms with Crippen LogP contribution >= 0.6 is 11.8 Å². The van der Waals surface area contributed by atoms with Crippen molar-refractivity contribution in [3.05, 3.63) is 0 Å². The lowest BCUT2D eigenvalue weighted by Gasteiger charge is -2.24. The molecule has 0 aromatic carbocycles. The first-order chi connectivity index (χ1) is 7.22. The van der Waals surface area contributed by atoms with Gasteiger partial charge in [0.2, 0.25) is 5.91 Å². The van der Waals surface area contributed by atoms with Crippen molar-refractivity contribution >= 4 is 29.7 Å². The summed E-state index contributed by atoms with van der Waals surface area (Å²) in [5.74, 6) is -1.77. The minimum Gasteiger partial charge on any atom is -0.479 e. The van der Waals surface area contributed by atoms with E-state index < -0.39 is 28.9 Å². The Hall–Kier alpha value is -1.24. The third-order valence-corrected chi connectivity index (χ3v) is 2.81. The molecule has 90 valence electrons. The quantitative estimate of drug-likeness (QED) is 0.741. The molecule has 1 unspecified atom stereocenters. The zero-order valence-electron chi connectivity index (χ0n) is 9.22. The minimum absolute atomic E-state index is 0.0176. The number of thioether (sulfide) groups is 1. The lowest BCUT2D eigenvalue weighted by molar-refractivity contribution is -0.143. The van der Waals surface area contributed by atoms with Crippen molar-refractivity contribution < 1.29 is 24.2 Å². The van der Waals surface area contributed by atoms with Gasteiger partial charge in [-0.2, -0.15) is 0 Å². The van der Waals surface area contributed by atoms with E-state index in [1.165, 1.54) is 0 Å². The van der Waals surface area contributed by atoms with Crippen molar-refractivity contribution in [2.75, 3.05) is 5.75 Å². The number of amides is 2. The Morgan fingerprint density at radius 1 is 1.50 bits per heavy atom. The van der Waals surface area contributed by atoms with E-state index in [9.17, 15) is 14.4 Å². The molecule has 1 aliphatic heterocycles. The number of carbonyl (C=O) groups is 3. The van der Waals surface area contributed by atoms with Crippen LogP contribution in [0, 0.1) is 0 Å². The number of carboxylic acids is 1. The number of ether oxygens (including phenoxy) is 1. The number of nitrogens with zero attached hydrogens (tertiary/aromatic N) is 1. The van der Waals surface area contributed by atoms with E-state index in [0.717, 1.165) is 11.8 Å². The second kappa shape index (κ2) is 4.32. The smallest absolute Gasteiger partial charge is 0.418 e. The van der Waals surface area contributed by atoms with Crippen LogP contribution in [0.25, 0.3) is 0 Å². The normalized spacial score (nSPS) is 21.1. The lowest BCUT2D eigenvalue weighted by Crippen LogP contribution is -2.45. The van der Waals surface area contributed by atoms with Crippen molar-refractivity contribution in [1.29, 1.82) is 0 Å². The summed E-state index contributed by atoms with van der Waals surface area (Å²) in [5.41, 5.74) is -0.756. The second-order valence-corrected chi connectivity index (χ2v) is 5.31. The van der Waals surface area contributed by atoms with Gasteiger partial charge in [0.05, 0.1) is 5.75 Å². The number of aliphatic carboxylic acids is 1. The molecule has 16 heavy (non-hydrogen) atoms. The van der Waals surface area contributed by atoms with Crippen LogP contribution in [-0.2, 0) is 14.3 Å². The predicted octanol–water partition coefficient (Wildman–Crippen LogP) is 0.908. The molecule has 1 N–H and O–H groups in total. The molecule has 6 nitrogen and oxygen atoms in total. The molecule has 7 heteroatoms. The van der Waals surface area contributed by atoms with E-state index in [0.29, 0.717) is 4.90 Å². The number of hydrogen-bond donors (Lipinski definition) is 1. The number of hydrogen-bond acceptors (Lipinski definition) is 5. The molecule has 1 aliphatic rings. The molecule has 0 radical (unpaired) electrons. The summed E-state index contributed by atoms with van der Waals surface area (Å²) in [4.78, 5) is 34.4. The molecule has 2 amide bonds. The molecule has 0 bridgehead atoms. The van der Waals surface area contributed by atoms with Gasteiger partial charge in [0, 0.05) is 0 Å². The summed E-state index contributed by atoms with van der Waals surface area (Å²) in [6, 6.07) is 0. The first-order valence-corrected chi connectivity index (χ1v) is 5.67. The largest absolute Gasteiger partial charge is 0.479 e. The molecule has 0 aromatic heterocycles. The molecular weight excluding hydrogens is 234 g/mol. The van der Waals surface area contributed by atoms with Crippen molar-refractivity contribution in [1.82, 2.24) is 4.90 Å². The van der Waals surface area contributed by atoms with Gasteiger partial charge in [0.1, 0.15) is 5.60 Å². The van der Waals surface area contributed by atoms with E-state index in [1.54, 1.807) is 20.8 Å². The highest BCUT2D eigenvalue weighted by molar-refractivity contribution is 8.01. The molecule has 0 saturated carbocycles. The fraction of sp³-hybridized carbons (Fsp3) is 0.667. The summed E-state index contributed by atoms with van der Waals surface area (Å²) in [6.45, 7) is 4.94. The van der Waals surface area contributed by atoms with Gasteiger partial charge in [-0.15, -0.1) is 11.8 Å². The first kappa shape index (κ1) is 12.8. The van der Waals surface area contributed by atoms with Crippen LogP contribution in [0.5, 0.6) is 0 Å². The van der Waals surface area contributed by atoms with Crippen LogP contribution in [0.3, 0.4) is 0 Å². The minimum atomic E-state index is -1.22. The summed E-state index contributed by atoms with van der Waals surface area (Å²) in [6.07, 6.45) is -0.907. The van der Waals surface area contributed by atoms with Gasteiger partial charge < -0.3 is 9.84 Å². The van der Waals surface area contributed by atoms with Gasteiger partial charge in [-0.05, 0) is 20.8 Å². The van der Waals surface area contributed by atoms with E-state index in [-0.39, 0.29) is 5.75 Å². The zero-order chi connectivity index (χ0) is 12.5. The fourth-order valence-corrected chi connectivity index (χ4v) is 2.05. The van der Waals surface area contributed by atoms with Gasteiger partial charge in [0.15, 0.2) is 5.37 Å². The van der Waals surface area contributed by atoms with E-state index in [4.69, 9.17) is 9.84 Å². The first-order valence-electron chi connectivity index (χ1n) is 4.62. The topological polar surface area (TPSA) is 83.9 Å². The Morgan fingerprint density at radius 2 is 2.06 bits per heavy atom. The van der Waals surface area contributed by atoms with Gasteiger partial charge in [-0.3, -0.25) is 4.79 Å². The van der Waals surface area contributed by atoms with Crippen LogP contribution in [0.1, 0.15) is 20.8 Å². The zero-order valence-corrected chi connectivity index (χ0v) is 10.0. The average molecular weight is 247 g/mol. The third-order valence-electron chi connectivity index (χ3n) is 1.67. The van der Waals surface area contributed by atoms with Crippen molar-refractivity contribution in [3.8, 4) is 0 Å². The maximum Gasteiger partial charge on any atom is 0.418 e. The Bertz CT molecular complexity index is 335. The molecule has 0 aromatic rings. The molecule has 1 rings (SSSR count). The number of carboxylic acid groups (broad SMARTS) is 1. The molecular formula is C9H13NO5S. The summed E-state index contributed by atoms with van der Waals surface area (Å²) in [7, 11) is 0. The lowest BCUT2D eigenvalue weighted by atomic mass is 10.2. The predicted molar refractivity (Wildman–Crippen MR) is 57.0 cm³/mol. The Balaban J connectivity index is 2.80. The monoisotopic (exact) mass is 247 g/mol. The van der Waals surface area contributed by atoms with Gasteiger partial charge in [0.25, 0.3) is 0 Å². The van der Waals surface area contributed by atoms with Crippen LogP contribution in [0.4, 0.5) is 4.79 Å². The number of carbonyl (C=O) groups excluding carboxylic acids is 2. The highest BCUT2D eigenvalue weighted by Gasteiger charge is 2.43. The summed E-state index contributed by atoms with van der Waals surface area (Å²) in [5, 5.41) is 7.65. The van der Waals surface area contributed by atoms with E-state index in [1.807, 2.05) is 0 Å². The van der Waals surface area contributed by atoms with E-state index in [2.05, 4.69) is 0 Å². The van der Waals surface area contributed by atoms with Crippen molar-refractivity contribution in [2.24, 2.45) is 0 Å². The Morgan fingerprint density at radius 3 is 2.50 bits per heavy atom. The molecule has 1 saturated heterocycles. The van der Waals surface area contributed by atoms with Gasteiger partial charge >= 0.3 is 12.1 Å². The van der Waals surface area contributed by atoms with E-state index >= 15 is 0 Å². The van der Waals surface area contributed by atoms with Crippen molar-refractivity contribution in [3.63, 3.8) is 0 Å². The molecule has 1 heterocycles. The van der Waals surface area contributed by atoms with Crippen LogP contribution in [0.15, 0.2) is 0 Å². The second-order valence-electron chi connectivity index (χ2n) is 4.25. The Kier molecular flexibility index (Phi) is 3.47. The van der Waals surface area contributed by atoms with Crippen LogP contribution in [-0.4, -0.2) is 44.7 Å². The SMILES string of the molecule is CC(C)(C)OC(=O)N1C(=O)CSC1C(=O)O. The molecule has 1 atom stereocenters.